The van der Waals surface area contributed by atoms with E-state index in [0.717, 1.165) is 12.3 Å². The van der Waals surface area contributed by atoms with Gasteiger partial charge < -0.3 is 10.4 Å². The lowest BCUT2D eigenvalue weighted by Crippen LogP contribution is -2.12. The SMILES string of the molecule is CC(=O)Nc1cc(F)cnc1C(=O)O. The summed E-state index contributed by atoms with van der Waals surface area (Å²) in [7, 11) is 0. The summed E-state index contributed by atoms with van der Waals surface area (Å²) in [6.45, 7) is 1.19. The van der Waals surface area contributed by atoms with Gasteiger partial charge >= 0.3 is 5.97 Å². The zero-order valence-electron chi connectivity index (χ0n) is 7.24. The number of carbonyl (C=O) groups excluding carboxylic acids is 1. The van der Waals surface area contributed by atoms with Crippen molar-refractivity contribution in [3.63, 3.8) is 0 Å². The molecule has 0 saturated carbocycles. The molecular weight excluding hydrogens is 191 g/mol. The van der Waals surface area contributed by atoms with E-state index in [9.17, 15) is 14.0 Å². The van der Waals surface area contributed by atoms with Gasteiger partial charge in [-0.3, -0.25) is 4.79 Å². The Morgan fingerprint density at radius 2 is 2.21 bits per heavy atom. The second-order valence-corrected chi connectivity index (χ2v) is 2.54. The highest BCUT2D eigenvalue weighted by Crippen LogP contribution is 2.14. The Hall–Kier alpha value is -1.98. The van der Waals surface area contributed by atoms with E-state index in [-0.39, 0.29) is 11.4 Å². The predicted molar refractivity (Wildman–Crippen MR) is 45.5 cm³/mol. The third-order valence-electron chi connectivity index (χ3n) is 1.37. The topological polar surface area (TPSA) is 79.3 Å². The Kier molecular flexibility index (Phi) is 2.76. The highest BCUT2D eigenvalue weighted by molar-refractivity contribution is 5.98. The highest BCUT2D eigenvalue weighted by Gasteiger charge is 2.13. The molecule has 0 atom stereocenters. The van der Waals surface area contributed by atoms with Crippen LogP contribution in [0, 0.1) is 5.82 Å². The number of amides is 1. The number of nitrogens with zero attached hydrogens (tertiary/aromatic N) is 1. The third kappa shape index (κ3) is 2.25. The minimum Gasteiger partial charge on any atom is -0.476 e. The van der Waals surface area contributed by atoms with E-state index in [4.69, 9.17) is 5.11 Å². The van der Waals surface area contributed by atoms with Gasteiger partial charge in [-0.05, 0) is 0 Å². The molecule has 1 heterocycles. The molecule has 6 heteroatoms. The van der Waals surface area contributed by atoms with Crippen LogP contribution in [-0.4, -0.2) is 22.0 Å². The number of aromatic nitrogens is 1. The van der Waals surface area contributed by atoms with Crippen molar-refractivity contribution in [1.82, 2.24) is 4.98 Å². The summed E-state index contributed by atoms with van der Waals surface area (Å²) in [5, 5.41) is 10.8. The molecule has 0 aliphatic heterocycles. The maximum Gasteiger partial charge on any atom is 0.356 e. The van der Waals surface area contributed by atoms with Crippen molar-refractivity contribution in [2.75, 3.05) is 5.32 Å². The van der Waals surface area contributed by atoms with Gasteiger partial charge in [0.05, 0.1) is 11.9 Å². The number of hydrogen-bond acceptors (Lipinski definition) is 3. The van der Waals surface area contributed by atoms with Crippen molar-refractivity contribution in [3.05, 3.63) is 23.8 Å². The molecule has 0 radical (unpaired) electrons. The smallest absolute Gasteiger partial charge is 0.356 e. The van der Waals surface area contributed by atoms with Crippen molar-refractivity contribution in [2.45, 2.75) is 6.92 Å². The lowest BCUT2D eigenvalue weighted by atomic mass is 10.3. The fourth-order valence-electron chi connectivity index (χ4n) is 0.895. The van der Waals surface area contributed by atoms with Crippen LogP contribution in [-0.2, 0) is 4.79 Å². The van der Waals surface area contributed by atoms with E-state index in [1.54, 1.807) is 0 Å². The van der Waals surface area contributed by atoms with E-state index in [1.807, 2.05) is 0 Å². The third-order valence-corrected chi connectivity index (χ3v) is 1.37. The Balaban J connectivity index is 3.15. The van der Waals surface area contributed by atoms with E-state index in [1.165, 1.54) is 6.92 Å². The van der Waals surface area contributed by atoms with Gasteiger partial charge in [-0.2, -0.15) is 0 Å². The van der Waals surface area contributed by atoms with Crippen molar-refractivity contribution < 1.29 is 19.1 Å². The van der Waals surface area contributed by atoms with Crippen LogP contribution in [0.1, 0.15) is 17.4 Å². The molecule has 0 bridgehead atoms. The summed E-state index contributed by atoms with van der Waals surface area (Å²) in [5.41, 5.74) is -0.536. The molecule has 2 N–H and O–H groups in total. The average Bonchev–Trinajstić information content (AvgIpc) is 2.01. The maximum absolute atomic E-state index is 12.7. The number of nitrogens with one attached hydrogen (secondary N) is 1. The first-order valence-electron chi connectivity index (χ1n) is 3.67. The minimum absolute atomic E-state index is 0.148. The summed E-state index contributed by atoms with van der Waals surface area (Å²) in [6, 6.07) is 0.901. The van der Waals surface area contributed by atoms with Gasteiger partial charge in [-0.15, -0.1) is 0 Å². The minimum atomic E-state index is -1.33. The van der Waals surface area contributed by atoms with Crippen molar-refractivity contribution >= 4 is 17.6 Å². The Morgan fingerprint density at radius 3 is 2.71 bits per heavy atom. The largest absolute Gasteiger partial charge is 0.476 e. The molecule has 1 rings (SSSR count). The highest BCUT2D eigenvalue weighted by atomic mass is 19.1. The first kappa shape index (κ1) is 10.1. The van der Waals surface area contributed by atoms with Crippen LogP contribution in [0.5, 0.6) is 0 Å². The zero-order valence-corrected chi connectivity index (χ0v) is 7.24. The first-order chi connectivity index (χ1) is 6.50. The number of carboxylic acids is 1. The molecule has 14 heavy (non-hydrogen) atoms. The number of hydrogen-bond donors (Lipinski definition) is 2. The summed E-state index contributed by atoms with van der Waals surface area (Å²) in [5.74, 6) is -2.52. The second kappa shape index (κ2) is 3.82. The Bertz CT molecular complexity index is 392. The van der Waals surface area contributed by atoms with Crippen molar-refractivity contribution in [2.24, 2.45) is 0 Å². The lowest BCUT2D eigenvalue weighted by Gasteiger charge is -2.04. The van der Waals surface area contributed by atoms with Crippen LogP contribution >= 0.6 is 0 Å². The van der Waals surface area contributed by atoms with Gasteiger partial charge in [-0.25, -0.2) is 14.2 Å². The number of aromatic carboxylic acids is 1. The predicted octanol–water partition coefficient (Wildman–Crippen LogP) is 0.877. The van der Waals surface area contributed by atoms with E-state index >= 15 is 0 Å². The Labute approximate surface area is 78.6 Å². The van der Waals surface area contributed by atoms with Gasteiger partial charge in [0.15, 0.2) is 5.69 Å². The van der Waals surface area contributed by atoms with E-state index in [2.05, 4.69) is 10.3 Å². The molecule has 74 valence electrons. The fraction of sp³-hybridized carbons (Fsp3) is 0.125. The maximum atomic E-state index is 12.7. The normalized spacial score (nSPS) is 9.57. The van der Waals surface area contributed by atoms with Crippen LogP contribution in [0.2, 0.25) is 0 Å². The molecular formula is C8H7FN2O3. The van der Waals surface area contributed by atoms with Crippen LogP contribution in [0.3, 0.4) is 0 Å². The number of rotatable bonds is 2. The van der Waals surface area contributed by atoms with Gasteiger partial charge in [-0.1, -0.05) is 0 Å². The van der Waals surface area contributed by atoms with E-state index in [0.29, 0.717) is 0 Å². The molecule has 1 amide bonds. The van der Waals surface area contributed by atoms with Crippen LogP contribution in [0.4, 0.5) is 10.1 Å². The first-order valence-corrected chi connectivity index (χ1v) is 3.67. The lowest BCUT2D eigenvalue weighted by molar-refractivity contribution is -0.114. The summed E-state index contributed by atoms with van der Waals surface area (Å²) >= 11 is 0. The molecule has 0 fully saturated rings. The number of anilines is 1. The van der Waals surface area contributed by atoms with E-state index < -0.39 is 17.7 Å². The molecule has 0 aliphatic rings. The standard InChI is InChI=1S/C8H7FN2O3/c1-4(12)11-6-2-5(9)3-10-7(6)8(13)14/h2-3H,1H3,(H,11,12)(H,13,14). The number of halogens is 1. The van der Waals surface area contributed by atoms with Crippen LogP contribution in [0.25, 0.3) is 0 Å². The summed E-state index contributed by atoms with van der Waals surface area (Å²) in [6.07, 6.45) is 0.773. The molecule has 0 spiro atoms. The number of pyridine rings is 1. The number of carbonyl (C=O) groups is 2. The Morgan fingerprint density at radius 1 is 1.57 bits per heavy atom. The molecule has 1 aromatic heterocycles. The van der Waals surface area contributed by atoms with Gasteiger partial charge in [0.2, 0.25) is 5.91 Å². The van der Waals surface area contributed by atoms with Gasteiger partial charge in [0.25, 0.3) is 0 Å². The summed E-state index contributed by atoms with van der Waals surface area (Å²) in [4.78, 5) is 24.6. The number of carboxylic acid groups (broad SMARTS) is 1. The molecule has 0 unspecified atom stereocenters. The molecule has 1 aromatic rings. The molecule has 0 aromatic carbocycles. The fourth-order valence-corrected chi connectivity index (χ4v) is 0.895. The monoisotopic (exact) mass is 198 g/mol. The van der Waals surface area contributed by atoms with Gasteiger partial charge in [0, 0.05) is 13.0 Å². The van der Waals surface area contributed by atoms with Crippen molar-refractivity contribution in [1.29, 1.82) is 0 Å². The van der Waals surface area contributed by atoms with Gasteiger partial charge in [0.1, 0.15) is 5.82 Å². The summed E-state index contributed by atoms with van der Waals surface area (Å²) < 4.78 is 12.7. The van der Waals surface area contributed by atoms with Crippen LogP contribution in [0.15, 0.2) is 12.3 Å². The average molecular weight is 198 g/mol. The van der Waals surface area contributed by atoms with Crippen molar-refractivity contribution in [3.8, 4) is 0 Å². The quantitative estimate of drug-likeness (QED) is 0.739. The van der Waals surface area contributed by atoms with Crippen LogP contribution < -0.4 is 5.32 Å². The second-order valence-electron chi connectivity index (χ2n) is 2.54. The zero-order chi connectivity index (χ0) is 10.7. The molecule has 5 nitrogen and oxygen atoms in total. The molecule has 0 saturated heterocycles. The molecule has 0 aliphatic carbocycles.